The van der Waals surface area contributed by atoms with Gasteiger partial charge in [-0.3, -0.25) is 11.3 Å². The van der Waals surface area contributed by atoms with Gasteiger partial charge >= 0.3 is 0 Å². The maximum Gasteiger partial charge on any atom is 0.0576 e. The van der Waals surface area contributed by atoms with E-state index >= 15 is 0 Å². The third kappa shape index (κ3) is 4.97. The molecule has 20 heavy (non-hydrogen) atoms. The predicted molar refractivity (Wildman–Crippen MR) is 82.5 cm³/mol. The van der Waals surface area contributed by atoms with Crippen LogP contribution in [0.15, 0.2) is 0 Å². The molecule has 0 bridgehead atoms. The Balaban J connectivity index is 1.67. The van der Waals surface area contributed by atoms with E-state index in [1.807, 2.05) is 0 Å². The summed E-state index contributed by atoms with van der Waals surface area (Å²) in [6, 6.07) is 1.05. The van der Waals surface area contributed by atoms with Crippen molar-refractivity contribution in [1.29, 1.82) is 0 Å². The van der Waals surface area contributed by atoms with E-state index in [0.29, 0.717) is 18.2 Å². The van der Waals surface area contributed by atoms with Crippen LogP contribution in [0.1, 0.15) is 38.5 Å². The fourth-order valence-corrected chi connectivity index (χ4v) is 3.42. The van der Waals surface area contributed by atoms with Crippen molar-refractivity contribution in [2.24, 2.45) is 5.84 Å². The molecule has 0 aromatic rings. The van der Waals surface area contributed by atoms with Crippen molar-refractivity contribution in [3.8, 4) is 0 Å². The van der Waals surface area contributed by atoms with E-state index in [9.17, 15) is 0 Å². The summed E-state index contributed by atoms with van der Waals surface area (Å²) in [5.74, 6) is 5.75. The second-order valence-electron chi connectivity index (χ2n) is 6.56. The molecule has 0 spiro atoms. The minimum atomic E-state index is 0.426. The van der Waals surface area contributed by atoms with E-state index < -0.39 is 0 Å². The summed E-state index contributed by atoms with van der Waals surface area (Å²) in [6.07, 6.45) is 7.70. The molecular weight excluding hydrogens is 252 g/mol. The molecule has 3 unspecified atom stereocenters. The summed E-state index contributed by atoms with van der Waals surface area (Å²) in [7, 11) is 4.44. The number of hydrogen-bond acceptors (Lipinski definition) is 5. The van der Waals surface area contributed by atoms with Crippen LogP contribution < -0.4 is 11.3 Å². The number of rotatable bonds is 7. The summed E-state index contributed by atoms with van der Waals surface area (Å²) >= 11 is 0. The van der Waals surface area contributed by atoms with E-state index in [2.05, 4.69) is 29.3 Å². The molecule has 5 heteroatoms. The lowest BCUT2D eigenvalue weighted by Gasteiger charge is -2.39. The SMILES string of the molecule is CN1CCN(C)C(CC(CCCC2CCCO2)NN)C1. The van der Waals surface area contributed by atoms with Crippen molar-refractivity contribution in [1.82, 2.24) is 15.2 Å². The molecule has 118 valence electrons. The molecule has 2 heterocycles. The topological polar surface area (TPSA) is 53.8 Å². The van der Waals surface area contributed by atoms with Crippen LogP contribution in [-0.4, -0.2) is 68.3 Å². The molecule has 2 aliphatic heterocycles. The average molecular weight is 284 g/mol. The van der Waals surface area contributed by atoms with Gasteiger partial charge in [0, 0.05) is 38.3 Å². The molecule has 3 N–H and O–H groups in total. The predicted octanol–water partition coefficient (Wildman–Crippen LogP) is 0.804. The highest BCUT2D eigenvalue weighted by molar-refractivity contribution is 4.82. The standard InChI is InChI=1S/C15H32N4O/c1-18-8-9-19(2)14(12-18)11-13(17-16)5-3-6-15-7-4-10-20-15/h13-15,17H,3-12,16H2,1-2H3. The largest absolute Gasteiger partial charge is 0.378 e. The van der Waals surface area contributed by atoms with Gasteiger partial charge in [-0.15, -0.1) is 0 Å². The van der Waals surface area contributed by atoms with Gasteiger partial charge in [0.2, 0.25) is 0 Å². The zero-order chi connectivity index (χ0) is 14.4. The highest BCUT2D eigenvalue weighted by Gasteiger charge is 2.25. The summed E-state index contributed by atoms with van der Waals surface area (Å²) < 4.78 is 5.68. The highest BCUT2D eigenvalue weighted by Crippen LogP contribution is 2.20. The van der Waals surface area contributed by atoms with Gasteiger partial charge in [-0.1, -0.05) is 0 Å². The number of nitrogens with zero attached hydrogens (tertiary/aromatic N) is 2. The number of nitrogens with two attached hydrogens (primary N) is 1. The van der Waals surface area contributed by atoms with Crippen molar-refractivity contribution in [2.45, 2.75) is 56.7 Å². The van der Waals surface area contributed by atoms with Gasteiger partial charge in [0.25, 0.3) is 0 Å². The van der Waals surface area contributed by atoms with Gasteiger partial charge in [0.05, 0.1) is 6.10 Å². The number of piperazine rings is 1. The molecule has 0 saturated carbocycles. The van der Waals surface area contributed by atoms with Crippen LogP contribution in [0.4, 0.5) is 0 Å². The van der Waals surface area contributed by atoms with Crippen LogP contribution in [0.3, 0.4) is 0 Å². The number of hydrazine groups is 1. The van der Waals surface area contributed by atoms with Gasteiger partial charge in [0.1, 0.15) is 0 Å². The smallest absolute Gasteiger partial charge is 0.0576 e. The van der Waals surface area contributed by atoms with Crippen LogP contribution in [0.25, 0.3) is 0 Å². The van der Waals surface area contributed by atoms with E-state index in [4.69, 9.17) is 10.6 Å². The lowest BCUT2D eigenvalue weighted by Crippen LogP contribution is -2.52. The first kappa shape index (κ1) is 16.2. The Kier molecular flexibility index (Phi) is 6.71. The molecular formula is C15H32N4O. The molecule has 2 rings (SSSR count). The maximum absolute atomic E-state index is 5.75. The minimum absolute atomic E-state index is 0.426. The first-order valence-corrected chi connectivity index (χ1v) is 8.15. The number of likely N-dealkylation sites (N-methyl/N-ethyl adjacent to an activating group) is 2. The first-order valence-electron chi connectivity index (χ1n) is 8.15. The molecule has 0 aliphatic carbocycles. The lowest BCUT2D eigenvalue weighted by molar-refractivity contribution is 0.0933. The molecule has 0 aromatic heterocycles. The zero-order valence-corrected chi connectivity index (χ0v) is 13.2. The number of hydrogen-bond donors (Lipinski definition) is 2. The second-order valence-corrected chi connectivity index (χ2v) is 6.56. The van der Waals surface area contributed by atoms with E-state index in [0.717, 1.165) is 32.5 Å². The third-order valence-electron chi connectivity index (χ3n) is 4.88. The first-order chi connectivity index (χ1) is 9.69. The fraction of sp³-hybridized carbons (Fsp3) is 1.00. The summed E-state index contributed by atoms with van der Waals surface area (Å²) in [5.41, 5.74) is 3.02. The van der Waals surface area contributed by atoms with Gasteiger partial charge in [-0.2, -0.15) is 0 Å². The Hall–Kier alpha value is -0.200. The van der Waals surface area contributed by atoms with E-state index in [-0.39, 0.29) is 0 Å². The van der Waals surface area contributed by atoms with Gasteiger partial charge < -0.3 is 14.5 Å². The molecule has 2 aliphatic rings. The van der Waals surface area contributed by atoms with E-state index in [1.165, 1.54) is 32.2 Å². The lowest BCUT2D eigenvalue weighted by atomic mass is 9.98. The normalized spacial score (nSPS) is 30.8. The third-order valence-corrected chi connectivity index (χ3v) is 4.88. The summed E-state index contributed by atoms with van der Waals surface area (Å²) in [4.78, 5) is 4.90. The minimum Gasteiger partial charge on any atom is -0.378 e. The molecule has 0 radical (unpaired) electrons. The Labute approximate surface area is 123 Å². The van der Waals surface area contributed by atoms with Gasteiger partial charge in [-0.25, -0.2) is 0 Å². The van der Waals surface area contributed by atoms with Crippen LogP contribution >= 0.6 is 0 Å². The second kappa shape index (κ2) is 8.29. The molecule has 0 amide bonds. The van der Waals surface area contributed by atoms with Crippen LogP contribution in [0, 0.1) is 0 Å². The van der Waals surface area contributed by atoms with Crippen LogP contribution in [0.5, 0.6) is 0 Å². The van der Waals surface area contributed by atoms with Crippen molar-refractivity contribution in [3.63, 3.8) is 0 Å². The molecule has 3 atom stereocenters. The molecule has 0 aromatic carbocycles. The van der Waals surface area contributed by atoms with Crippen molar-refractivity contribution in [3.05, 3.63) is 0 Å². The Morgan fingerprint density at radius 1 is 1.35 bits per heavy atom. The molecule has 5 nitrogen and oxygen atoms in total. The van der Waals surface area contributed by atoms with Crippen molar-refractivity contribution in [2.75, 3.05) is 40.3 Å². The number of ether oxygens (including phenoxy) is 1. The Morgan fingerprint density at radius 3 is 2.90 bits per heavy atom. The molecule has 2 fully saturated rings. The summed E-state index contributed by atoms with van der Waals surface area (Å²) in [6.45, 7) is 4.45. The monoisotopic (exact) mass is 284 g/mol. The maximum atomic E-state index is 5.75. The van der Waals surface area contributed by atoms with Gasteiger partial charge in [-0.05, 0) is 52.6 Å². The average Bonchev–Trinajstić information content (AvgIpc) is 2.94. The van der Waals surface area contributed by atoms with Crippen LogP contribution in [0.2, 0.25) is 0 Å². The number of nitrogens with one attached hydrogen (secondary N) is 1. The Morgan fingerprint density at radius 2 is 2.20 bits per heavy atom. The highest BCUT2D eigenvalue weighted by atomic mass is 16.5. The van der Waals surface area contributed by atoms with Crippen LogP contribution in [-0.2, 0) is 4.74 Å². The van der Waals surface area contributed by atoms with Crippen molar-refractivity contribution >= 4 is 0 Å². The zero-order valence-electron chi connectivity index (χ0n) is 13.2. The Bertz CT molecular complexity index is 271. The van der Waals surface area contributed by atoms with Gasteiger partial charge in [0.15, 0.2) is 0 Å². The fourth-order valence-electron chi connectivity index (χ4n) is 3.42. The van der Waals surface area contributed by atoms with E-state index in [1.54, 1.807) is 0 Å². The quantitative estimate of drug-likeness (QED) is 0.535. The molecule has 2 saturated heterocycles. The van der Waals surface area contributed by atoms with Crippen molar-refractivity contribution < 1.29 is 4.74 Å². The summed E-state index contributed by atoms with van der Waals surface area (Å²) in [5, 5.41) is 0.